The van der Waals surface area contributed by atoms with E-state index in [4.69, 9.17) is 14.2 Å². The van der Waals surface area contributed by atoms with Gasteiger partial charge in [0, 0.05) is 23.6 Å². The molecule has 8 nitrogen and oxygen atoms in total. The van der Waals surface area contributed by atoms with E-state index in [-0.39, 0.29) is 17.7 Å². The predicted molar refractivity (Wildman–Crippen MR) is 101 cm³/mol. The van der Waals surface area contributed by atoms with Gasteiger partial charge in [0.15, 0.2) is 18.1 Å². The zero-order valence-corrected chi connectivity index (χ0v) is 15.9. The first-order valence-electron chi connectivity index (χ1n) is 8.50. The molecule has 0 bridgehead atoms. The van der Waals surface area contributed by atoms with E-state index in [1.165, 1.54) is 32.4 Å². The van der Waals surface area contributed by atoms with Crippen LogP contribution in [0.5, 0.6) is 11.5 Å². The van der Waals surface area contributed by atoms with Crippen molar-refractivity contribution in [2.24, 2.45) is 0 Å². The molecule has 0 spiro atoms. The van der Waals surface area contributed by atoms with Gasteiger partial charge in [-0.25, -0.2) is 0 Å². The van der Waals surface area contributed by atoms with E-state index in [1.807, 2.05) is 6.07 Å². The van der Waals surface area contributed by atoms with Gasteiger partial charge in [0.1, 0.15) is 0 Å². The van der Waals surface area contributed by atoms with E-state index in [2.05, 4.69) is 0 Å². The third kappa shape index (κ3) is 5.29. The molecule has 0 saturated heterocycles. The van der Waals surface area contributed by atoms with E-state index in [9.17, 15) is 19.7 Å². The van der Waals surface area contributed by atoms with E-state index >= 15 is 0 Å². The van der Waals surface area contributed by atoms with Crippen molar-refractivity contribution in [1.82, 2.24) is 0 Å². The summed E-state index contributed by atoms with van der Waals surface area (Å²) in [6.45, 7) is 1.12. The molecular formula is C20H21NO7. The Morgan fingerprint density at radius 3 is 2.39 bits per heavy atom. The number of hydrogen-bond donors (Lipinski definition) is 0. The summed E-state index contributed by atoms with van der Waals surface area (Å²) >= 11 is 0. The van der Waals surface area contributed by atoms with Crippen LogP contribution in [0.1, 0.15) is 27.9 Å². The third-order valence-electron chi connectivity index (χ3n) is 4.16. The molecule has 2 aromatic carbocycles. The van der Waals surface area contributed by atoms with Crippen LogP contribution in [0.15, 0.2) is 36.4 Å². The highest BCUT2D eigenvalue weighted by molar-refractivity contribution is 5.98. The van der Waals surface area contributed by atoms with Crippen LogP contribution in [0.4, 0.5) is 5.69 Å². The van der Waals surface area contributed by atoms with E-state index in [1.54, 1.807) is 19.1 Å². The first-order chi connectivity index (χ1) is 13.3. The smallest absolute Gasteiger partial charge is 0.306 e. The molecular weight excluding hydrogens is 366 g/mol. The lowest BCUT2D eigenvalue weighted by Gasteiger charge is -2.09. The zero-order valence-electron chi connectivity index (χ0n) is 15.9. The number of methoxy groups -OCH3 is 2. The minimum atomic E-state index is -0.554. The van der Waals surface area contributed by atoms with Gasteiger partial charge in [0.25, 0.3) is 5.69 Å². The number of ketones is 1. The standard InChI is InChI=1S/C20H21NO7/c1-13-4-7-15(11-16(13)21(24)25)17(22)12-28-20(23)9-6-14-5-8-18(26-2)19(10-14)27-3/h4-5,7-8,10-11H,6,9,12H2,1-3H3. The van der Waals surface area contributed by atoms with E-state index in [0.717, 1.165) is 5.56 Å². The SMILES string of the molecule is COc1ccc(CCC(=O)OCC(=O)c2ccc(C)c([N+](=O)[O-])c2)cc1OC. The zero-order chi connectivity index (χ0) is 20.7. The van der Waals surface area contributed by atoms with Gasteiger partial charge < -0.3 is 14.2 Å². The summed E-state index contributed by atoms with van der Waals surface area (Å²) in [5.74, 6) is 0.114. The molecule has 0 radical (unpaired) electrons. The van der Waals surface area contributed by atoms with Crippen LogP contribution in [0, 0.1) is 17.0 Å². The molecule has 0 aromatic heterocycles. The van der Waals surface area contributed by atoms with Gasteiger partial charge in [0.2, 0.25) is 5.78 Å². The quantitative estimate of drug-likeness (QED) is 0.281. The molecule has 148 valence electrons. The lowest BCUT2D eigenvalue weighted by Crippen LogP contribution is -2.15. The summed E-state index contributed by atoms with van der Waals surface area (Å²) in [6, 6.07) is 9.47. The Morgan fingerprint density at radius 2 is 1.75 bits per heavy atom. The molecule has 0 aliphatic rings. The largest absolute Gasteiger partial charge is 0.493 e. The van der Waals surface area contributed by atoms with Crippen LogP contribution < -0.4 is 9.47 Å². The summed E-state index contributed by atoms with van der Waals surface area (Å²) in [4.78, 5) is 34.5. The number of nitro benzene ring substituents is 1. The minimum Gasteiger partial charge on any atom is -0.493 e. The Bertz CT molecular complexity index is 892. The Kier molecular flexibility index (Phi) is 7.08. The molecule has 0 atom stereocenters. The average Bonchev–Trinajstić information content (AvgIpc) is 2.70. The second-order valence-corrected chi connectivity index (χ2v) is 6.03. The number of nitro groups is 1. The van der Waals surface area contributed by atoms with Gasteiger partial charge in [0.05, 0.1) is 19.1 Å². The van der Waals surface area contributed by atoms with Crippen molar-refractivity contribution in [2.75, 3.05) is 20.8 Å². The van der Waals surface area contributed by atoms with Crippen molar-refractivity contribution in [2.45, 2.75) is 19.8 Å². The second kappa shape index (κ2) is 9.50. The minimum absolute atomic E-state index is 0.0802. The van der Waals surface area contributed by atoms with Crippen molar-refractivity contribution in [3.8, 4) is 11.5 Å². The summed E-state index contributed by atoms with van der Waals surface area (Å²) in [7, 11) is 3.06. The second-order valence-electron chi connectivity index (χ2n) is 6.03. The molecule has 0 unspecified atom stereocenters. The van der Waals surface area contributed by atoms with Gasteiger partial charge in [-0.2, -0.15) is 0 Å². The lowest BCUT2D eigenvalue weighted by atomic mass is 10.1. The van der Waals surface area contributed by atoms with Crippen LogP contribution in [0.3, 0.4) is 0 Å². The highest BCUT2D eigenvalue weighted by atomic mass is 16.6. The Hall–Kier alpha value is -3.42. The number of Topliss-reactive ketones (excluding diaryl/α,β-unsaturated/α-hetero) is 1. The molecule has 8 heteroatoms. The number of hydrogen-bond acceptors (Lipinski definition) is 7. The van der Waals surface area contributed by atoms with E-state index < -0.39 is 23.3 Å². The predicted octanol–water partition coefficient (Wildman–Crippen LogP) is 3.28. The topological polar surface area (TPSA) is 105 Å². The van der Waals surface area contributed by atoms with Gasteiger partial charge >= 0.3 is 5.97 Å². The average molecular weight is 387 g/mol. The molecule has 0 fully saturated rings. The summed E-state index contributed by atoms with van der Waals surface area (Å²) < 4.78 is 15.4. The molecule has 0 aliphatic heterocycles. The van der Waals surface area contributed by atoms with Crippen LogP contribution in [0.25, 0.3) is 0 Å². The van der Waals surface area contributed by atoms with Crippen molar-refractivity contribution >= 4 is 17.4 Å². The van der Waals surface area contributed by atoms with Crippen LogP contribution in [-0.2, 0) is 16.0 Å². The molecule has 2 aromatic rings. The number of benzene rings is 2. The van der Waals surface area contributed by atoms with Crippen LogP contribution in [0.2, 0.25) is 0 Å². The molecule has 0 heterocycles. The molecule has 2 rings (SSSR count). The maximum atomic E-state index is 12.1. The van der Waals surface area contributed by atoms with Crippen LogP contribution in [-0.4, -0.2) is 37.5 Å². The first kappa shape index (κ1) is 20.9. The van der Waals surface area contributed by atoms with Crippen molar-refractivity contribution in [3.63, 3.8) is 0 Å². The molecule has 0 N–H and O–H groups in total. The maximum Gasteiger partial charge on any atom is 0.306 e. The molecule has 28 heavy (non-hydrogen) atoms. The number of esters is 1. The Morgan fingerprint density at radius 1 is 1.04 bits per heavy atom. The Labute approximate surface area is 162 Å². The first-order valence-corrected chi connectivity index (χ1v) is 8.50. The fourth-order valence-corrected chi connectivity index (χ4v) is 2.56. The monoisotopic (exact) mass is 387 g/mol. The fraction of sp³-hybridized carbons (Fsp3) is 0.300. The summed E-state index contributed by atoms with van der Waals surface area (Å²) in [5, 5.41) is 11.0. The van der Waals surface area contributed by atoms with Gasteiger partial charge in [-0.15, -0.1) is 0 Å². The number of ether oxygens (including phenoxy) is 3. The summed E-state index contributed by atoms with van der Waals surface area (Å²) in [6.07, 6.45) is 0.486. The highest BCUT2D eigenvalue weighted by Crippen LogP contribution is 2.28. The van der Waals surface area contributed by atoms with Crippen molar-refractivity contribution in [3.05, 3.63) is 63.2 Å². The normalized spacial score (nSPS) is 10.2. The fourth-order valence-electron chi connectivity index (χ4n) is 2.56. The number of aryl methyl sites for hydroxylation is 2. The molecule has 0 amide bonds. The maximum absolute atomic E-state index is 12.1. The number of rotatable bonds is 9. The van der Waals surface area contributed by atoms with E-state index in [0.29, 0.717) is 23.5 Å². The van der Waals surface area contributed by atoms with Gasteiger partial charge in [-0.3, -0.25) is 19.7 Å². The summed E-state index contributed by atoms with van der Waals surface area (Å²) in [5.41, 5.74) is 1.29. The Balaban J connectivity index is 1.90. The lowest BCUT2D eigenvalue weighted by molar-refractivity contribution is -0.385. The number of carbonyl (C=O) groups excluding carboxylic acids is 2. The third-order valence-corrected chi connectivity index (χ3v) is 4.16. The number of nitrogens with zero attached hydrogens (tertiary/aromatic N) is 1. The highest BCUT2D eigenvalue weighted by Gasteiger charge is 2.16. The number of carbonyl (C=O) groups is 2. The van der Waals surface area contributed by atoms with Crippen LogP contribution >= 0.6 is 0 Å². The van der Waals surface area contributed by atoms with Crippen molar-refractivity contribution in [1.29, 1.82) is 0 Å². The van der Waals surface area contributed by atoms with Gasteiger partial charge in [-0.05, 0) is 31.0 Å². The van der Waals surface area contributed by atoms with Crippen molar-refractivity contribution < 1.29 is 28.7 Å². The molecule has 0 aliphatic carbocycles. The molecule has 0 saturated carbocycles. The van der Waals surface area contributed by atoms with Gasteiger partial charge in [-0.1, -0.05) is 18.2 Å².